The van der Waals surface area contributed by atoms with Crippen LogP contribution < -0.4 is 4.90 Å². The lowest BCUT2D eigenvalue weighted by atomic mass is 9.75. The number of ether oxygens (including phenoxy) is 5. The topological polar surface area (TPSA) is 152 Å². The predicted molar refractivity (Wildman–Crippen MR) is 198 cm³/mol. The van der Waals surface area contributed by atoms with E-state index in [9.17, 15) is 18.0 Å². The number of fused-ring (bicyclic) bond motifs is 3. The average molecular weight is 805 g/mol. The number of hydrogen-bond acceptors (Lipinski definition) is 11. The molecule has 1 spiro atoms. The van der Waals surface area contributed by atoms with Gasteiger partial charge in [0.15, 0.2) is 9.84 Å². The molecule has 3 aromatic rings. The van der Waals surface area contributed by atoms with Crippen LogP contribution in [0, 0.1) is 12.3 Å². The number of imidazole rings is 1. The molecule has 282 valence electrons. The van der Waals surface area contributed by atoms with Crippen LogP contribution in [-0.2, 0) is 56.8 Å². The van der Waals surface area contributed by atoms with E-state index >= 15 is 0 Å². The minimum atomic E-state index is -3.39. The highest BCUT2D eigenvalue weighted by Crippen LogP contribution is 2.48. The lowest BCUT2D eigenvalue weighted by molar-refractivity contribution is -0.129. The molecule has 2 amide bonds. The van der Waals surface area contributed by atoms with Gasteiger partial charge in [-0.15, -0.1) is 6.42 Å². The van der Waals surface area contributed by atoms with E-state index in [1.165, 1.54) is 0 Å². The Hall–Kier alpha value is -3.59. The van der Waals surface area contributed by atoms with E-state index in [1.807, 2.05) is 28.8 Å². The number of benzene rings is 1. The fraction of sp³-hybridized carbons (Fsp3) is 0.556. The fourth-order valence-corrected chi connectivity index (χ4v) is 7.69. The largest absolute Gasteiger partial charge is 0.444 e. The molecule has 0 bridgehead atoms. The van der Waals surface area contributed by atoms with Gasteiger partial charge in [-0.25, -0.2) is 18.2 Å². The summed E-state index contributed by atoms with van der Waals surface area (Å²) in [6.07, 6.45) is 8.31. The van der Waals surface area contributed by atoms with E-state index in [0.717, 1.165) is 21.1 Å². The maximum atomic E-state index is 14.2. The minimum Gasteiger partial charge on any atom is -0.444 e. The van der Waals surface area contributed by atoms with Crippen LogP contribution in [0.2, 0.25) is 0 Å². The third kappa shape index (κ3) is 9.88. The highest BCUT2D eigenvalue weighted by molar-refractivity contribution is 9.10. The molecular weight excluding hydrogens is 758 g/mol. The number of pyridine rings is 1. The summed E-state index contributed by atoms with van der Waals surface area (Å²) < 4.78 is 55.6. The van der Waals surface area contributed by atoms with E-state index in [1.54, 1.807) is 43.0 Å². The fourth-order valence-electron chi connectivity index (χ4n) is 6.20. The highest BCUT2D eigenvalue weighted by atomic mass is 79.9. The van der Waals surface area contributed by atoms with Crippen molar-refractivity contribution in [2.75, 3.05) is 82.4 Å². The van der Waals surface area contributed by atoms with Crippen molar-refractivity contribution >= 4 is 54.5 Å². The van der Waals surface area contributed by atoms with Crippen molar-refractivity contribution in [3.05, 3.63) is 52.5 Å². The molecule has 1 fully saturated rings. The first-order chi connectivity index (χ1) is 24.8. The van der Waals surface area contributed by atoms with E-state index in [-0.39, 0.29) is 56.9 Å². The van der Waals surface area contributed by atoms with Crippen molar-refractivity contribution in [3.63, 3.8) is 0 Å². The third-order valence-corrected chi connectivity index (χ3v) is 10.8. The second-order valence-corrected chi connectivity index (χ2v) is 16.8. The number of halogens is 1. The number of hydrogen-bond donors (Lipinski definition) is 0. The number of aryl methyl sites for hydroxylation is 1. The monoisotopic (exact) mass is 803 g/mol. The van der Waals surface area contributed by atoms with Crippen LogP contribution in [0.25, 0.3) is 11.0 Å². The van der Waals surface area contributed by atoms with Gasteiger partial charge in [-0.3, -0.25) is 9.78 Å². The Morgan fingerprint density at radius 1 is 1.00 bits per heavy atom. The second kappa shape index (κ2) is 17.5. The molecule has 0 radical (unpaired) electrons. The summed E-state index contributed by atoms with van der Waals surface area (Å²) in [4.78, 5) is 39.3. The van der Waals surface area contributed by atoms with Crippen LogP contribution in [0.1, 0.15) is 38.6 Å². The summed E-state index contributed by atoms with van der Waals surface area (Å²) in [5, 5.41) is 0. The third-order valence-electron chi connectivity index (χ3n) is 8.60. The van der Waals surface area contributed by atoms with Crippen molar-refractivity contribution in [1.29, 1.82) is 0 Å². The van der Waals surface area contributed by atoms with E-state index in [0.29, 0.717) is 57.5 Å². The van der Waals surface area contributed by atoms with Gasteiger partial charge in [0.1, 0.15) is 23.4 Å². The van der Waals surface area contributed by atoms with E-state index in [4.69, 9.17) is 35.1 Å². The molecular formula is C36H46BrN5O9S. The number of sulfone groups is 1. The summed E-state index contributed by atoms with van der Waals surface area (Å²) >= 11 is 3.52. The first kappa shape index (κ1) is 39.6. The molecule has 4 heterocycles. The van der Waals surface area contributed by atoms with E-state index < -0.39 is 26.9 Å². The minimum absolute atomic E-state index is 0.0378. The first-order valence-electron chi connectivity index (χ1n) is 17.2. The Morgan fingerprint density at radius 2 is 1.67 bits per heavy atom. The molecule has 1 saturated heterocycles. The van der Waals surface area contributed by atoms with Gasteiger partial charge in [0.2, 0.25) is 5.91 Å². The van der Waals surface area contributed by atoms with Crippen LogP contribution in [-0.4, -0.2) is 123 Å². The molecule has 2 aromatic heterocycles. The zero-order valence-corrected chi connectivity index (χ0v) is 32.2. The standard InChI is InChI=1S/C36H46BrN5O9S/c1-5-12-47-13-14-48-15-16-49-17-18-50-19-21-52(45,46)20-6-11-41-30-8-7-27(37)22-29(30)39-32(41)24-42-31-23-38-10-9-28(31)36(33(42)43)25-40(26-36)34(44)51-35(2,3)4/h1,7-10,22-23H,6,11-21,24-26H2,2-4H3. The zero-order chi connectivity index (χ0) is 37.4. The predicted octanol–water partition coefficient (Wildman–Crippen LogP) is 3.73. The van der Waals surface area contributed by atoms with Crippen molar-refractivity contribution in [2.24, 2.45) is 0 Å². The quantitative estimate of drug-likeness (QED) is 0.129. The number of carbonyl (C=O) groups excluding carboxylic acids is 2. The molecule has 1 aromatic carbocycles. The Morgan fingerprint density at radius 3 is 2.35 bits per heavy atom. The summed E-state index contributed by atoms with van der Waals surface area (Å²) in [6.45, 7) is 8.91. The molecule has 14 nitrogen and oxygen atoms in total. The Labute approximate surface area is 313 Å². The number of nitrogens with zero attached hydrogens (tertiary/aromatic N) is 5. The molecule has 0 unspecified atom stereocenters. The highest BCUT2D eigenvalue weighted by Gasteiger charge is 2.60. The van der Waals surface area contributed by atoms with Gasteiger partial charge >= 0.3 is 6.09 Å². The molecule has 5 rings (SSSR count). The normalized spacial score (nSPS) is 15.2. The second-order valence-electron chi connectivity index (χ2n) is 13.6. The summed E-state index contributed by atoms with van der Waals surface area (Å²) in [6, 6.07) is 7.56. The van der Waals surface area contributed by atoms with Crippen molar-refractivity contribution in [3.8, 4) is 12.3 Å². The van der Waals surface area contributed by atoms with Crippen LogP contribution >= 0.6 is 15.9 Å². The van der Waals surface area contributed by atoms with Crippen molar-refractivity contribution < 1.29 is 41.7 Å². The SMILES string of the molecule is C#CCOCCOCCOCCOCCS(=O)(=O)CCCn1c(CN2C(=O)C3(CN(C(=O)OC(C)(C)C)C3)c3ccncc32)nc2cc(Br)ccc21. The first-order valence-corrected chi connectivity index (χ1v) is 19.8. The number of terminal acetylenes is 1. The molecule has 0 N–H and O–H groups in total. The van der Waals surface area contributed by atoms with Gasteiger partial charge in [-0.2, -0.15) is 0 Å². The van der Waals surface area contributed by atoms with Crippen molar-refractivity contribution in [2.45, 2.75) is 51.3 Å². The Balaban J connectivity index is 1.15. The summed E-state index contributed by atoms with van der Waals surface area (Å²) in [5.41, 5.74) is 1.47. The number of rotatable bonds is 19. The smallest absolute Gasteiger partial charge is 0.410 e. The molecule has 0 saturated carbocycles. The van der Waals surface area contributed by atoms with Crippen LogP contribution in [0.3, 0.4) is 0 Å². The zero-order valence-electron chi connectivity index (χ0n) is 29.8. The number of amides is 2. The van der Waals surface area contributed by atoms with Crippen LogP contribution in [0.4, 0.5) is 10.5 Å². The lowest BCUT2D eigenvalue weighted by Gasteiger charge is -2.46. The molecule has 2 aliphatic heterocycles. The molecule has 16 heteroatoms. The summed E-state index contributed by atoms with van der Waals surface area (Å²) in [5.74, 6) is 2.71. The number of aromatic nitrogens is 3. The Kier molecular flexibility index (Phi) is 13.3. The molecule has 52 heavy (non-hydrogen) atoms. The van der Waals surface area contributed by atoms with E-state index in [2.05, 4.69) is 26.8 Å². The van der Waals surface area contributed by atoms with Gasteiger partial charge in [0, 0.05) is 30.3 Å². The van der Waals surface area contributed by atoms with Gasteiger partial charge in [-0.1, -0.05) is 21.9 Å². The molecule has 0 atom stereocenters. The van der Waals surface area contributed by atoms with Crippen LogP contribution in [0.5, 0.6) is 0 Å². The van der Waals surface area contributed by atoms with Gasteiger partial charge in [0.05, 0.1) is 87.2 Å². The lowest BCUT2D eigenvalue weighted by Crippen LogP contribution is -2.65. The van der Waals surface area contributed by atoms with Crippen LogP contribution in [0.15, 0.2) is 41.1 Å². The maximum Gasteiger partial charge on any atom is 0.410 e. The number of carbonyl (C=O) groups is 2. The number of anilines is 1. The van der Waals surface area contributed by atoms with Crippen molar-refractivity contribution in [1.82, 2.24) is 19.4 Å². The van der Waals surface area contributed by atoms with Gasteiger partial charge in [-0.05, 0) is 57.0 Å². The Bertz CT molecular complexity index is 1870. The maximum absolute atomic E-state index is 14.2. The molecule has 0 aliphatic carbocycles. The number of likely N-dealkylation sites (tertiary alicyclic amines) is 1. The van der Waals surface area contributed by atoms with Gasteiger partial charge in [0.25, 0.3) is 0 Å². The van der Waals surface area contributed by atoms with Gasteiger partial charge < -0.3 is 38.1 Å². The summed E-state index contributed by atoms with van der Waals surface area (Å²) in [7, 11) is -3.39. The molecule has 2 aliphatic rings. The average Bonchev–Trinajstić information content (AvgIpc) is 3.52.